The van der Waals surface area contributed by atoms with Gasteiger partial charge in [0, 0.05) is 24.6 Å². The minimum absolute atomic E-state index is 0. The SMILES string of the molecule is CN=C(NCc1coc(-c2ccc(C)cc2)n1)NCC(C)(C)c1ccc(OC)c(OC)c1.I. The fourth-order valence-corrected chi connectivity index (χ4v) is 3.28. The minimum Gasteiger partial charge on any atom is -0.493 e. The summed E-state index contributed by atoms with van der Waals surface area (Å²) in [4.78, 5) is 8.90. The zero-order valence-electron chi connectivity index (χ0n) is 20.1. The summed E-state index contributed by atoms with van der Waals surface area (Å²) >= 11 is 0. The van der Waals surface area contributed by atoms with Gasteiger partial charge in [0.15, 0.2) is 17.5 Å². The summed E-state index contributed by atoms with van der Waals surface area (Å²) < 4.78 is 16.4. The predicted octanol–water partition coefficient (Wildman–Crippen LogP) is 4.93. The minimum atomic E-state index is -0.163. The molecule has 0 unspecified atom stereocenters. The summed E-state index contributed by atoms with van der Waals surface area (Å²) in [6, 6.07) is 14.1. The molecule has 3 aromatic rings. The van der Waals surface area contributed by atoms with Crippen molar-refractivity contribution in [3.63, 3.8) is 0 Å². The van der Waals surface area contributed by atoms with E-state index in [0.29, 0.717) is 24.9 Å². The number of aliphatic imine (C=N–C) groups is 1. The zero-order chi connectivity index (χ0) is 23.1. The molecule has 0 fully saturated rings. The van der Waals surface area contributed by atoms with Crippen LogP contribution in [0.4, 0.5) is 0 Å². The van der Waals surface area contributed by atoms with Crippen molar-refractivity contribution in [3.05, 3.63) is 65.5 Å². The summed E-state index contributed by atoms with van der Waals surface area (Å²) in [6.45, 7) is 7.57. The summed E-state index contributed by atoms with van der Waals surface area (Å²) in [7, 11) is 5.03. The highest BCUT2D eigenvalue weighted by Crippen LogP contribution is 2.32. The number of hydrogen-bond acceptors (Lipinski definition) is 5. The molecule has 1 aromatic heterocycles. The third-order valence-electron chi connectivity index (χ3n) is 5.37. The van der Waals surface area contributed by atoms with Crippen molar-refractivity contribution in [1.82, 2.24) is 15.6 Å². The fourth-order valence-electron chi connectivity index (χ4n) is 3.28. The number of aromatic nitrogens is 1. The van der Waals surface area contributed by atoms with Crippen LogP contribution in [0, 0.1) is 6.92 Å². The van der Waals surface area contributed by atoms with Crippen LogP contribution in [0.15, 0.2) is 58.1 Å². The second-order valence-corrected chi connectivity index (χ2v) is 8.24. The molecule has 3 rings (SSSR count). The highest BCUT2D eigenvalue weighted by molar-refractivity contribution is 14.0. The monoisotopic (exact) mass is 564 g/mol. The maximum absolute atomic E-state index is 5.64. The molecule has 1 heterocycles. The van der Waals surface area contributed by atoms with Crippen molar-refractivity contribution in [2.24, 2.45) is 4.99 Å². The van der Waals surface area contributed by atoms with Gasteiger partial charge in [0.2, 0.25) is 5.89 Å². The number of aryl methyl sites for hydroxylation is 1. The van der Waals surface area contributed by atoms with E-state index in [9.17, 15) is 0 Å². The van der Waals surface area contributed by atoms with Gasteiger partial charge in [-0.25, -0.2) is 4.98 Å². The third-order valence-corrected chi connectivity index (χ3v) is 5.37. The Hall–Kier alpha value is -2.75. The van der Waals surface area contributed by atoms with Crippen molar-refractivity contribution >= 4 is 29.9 Å². The second-order valence-electron chi connectivity index (χ2n) is 8.24. The molecule has 0 bridgehead atoms. The van der Waals surface area contributed by atoms with Gasteiger partial charge in [-0.1, -0.05) is 37.6 Å². The average Bonchev–Trinajstić information content (AvgIpc) is 3.28. The van der Waals surface area contributed by atoms with Gasteiger partial charge >= 0.3 is 0 Å². The second kappa shape index (κ2) is 11.9. The smallest absolute Gasteiger partial charge is 0.226 e. The number of oxazole rings is 1. The van der Waals surface area contributed by atoms with E-state index in [2.05, 4.69) is 47.4 Å². The number of ether oxygens (including phenoxy) is 2. The standard InChI is InChI=1S/C25H32N4O3.HI/c1-17-7-9-18(10-8-17)23-29-20(15-32-23)14-27-24(26-4)28-16-25(2,3)19-11-12-21(30-5)22(13-19)31-6;/h7-13,15H,14,16H2,1-6H3,(H2,26,27,28);1H. The molecular weight excluding hydrogens is 531 g/mol. The molecule has 178 valence electrons. The van der Waals surface area contributed by atoms with Gasteiger partial charge in [0.25, 0.3) is 0 Å². The van der Waals surface area contributed by atoms with E-state index >= 15 is 0 Å². The lowest BCUT2D eigenvalue weighted by Crippen LogP contribution is -2.43. The topological polar surface area (TPSA) is 80.9 Å². The number of nitrogens with zero attached hydrogens (tertiary/aromatic N) is 2. The first-order valence-corrected chi connectivity index (χ1v) is 10.5. The summed E-state index contributed by atoms with van der Waals surface area (Å²) in [5, 5.41) is 6.69. The number of hydrogen-bond donors (Lipinski definition) is 2. The number of halogens is 1. The summed E-state index contributed by atoms with van der Waals surface area (Å²) in [5.74, 6) is 2.74. The van der Waals surface area contributed by atoms with Crippen LogP contribution in [0.25, 0.3) is 11.5 Å². The van der Waals surface area contributed by atoms with E-state index in [4.69, 9.17) is 13.9 Å². The highest BCUT2D eigenvalue weighted by atomic mass is 127. The normalized spacial score (nSPS) is 11.5. The molecule has 0 atom stereocenters. The van der Waals surface area contributed by atoms with Crippen molar-refractivity contribution in [1.29, 1.82) is 0 Å². The number of benzene rings is 2. The highest BCUT2D eigenvalue weighted by Gasteiger charge is 2.23. The Morgan fingerprint density at radius 3 is 2.36 bits per heavy atom. The molecule has 2 N–H and O–H groups in total. The quantitative estimate of drug-likeness (QED) is 0.230. The van der Waals surface area contributed by atoms with Gasteiger partial charge in [0.05, 0.1) is 26.5 Å². The Kier molecular flexibility index (Phi) is 9.57. The van der Waals surface area contributed by atoms with Crippen LogP contribution in [0.3, 0.4) is 0 Å². The van der Waals surface area contributed by atoms with E-state index in [1.54, 1.807) is 27.5 Å². The molecular formula is C25H33IN4O3. The lowest BCUT2D eigenvalue weighted by Gasteiger charge is -2.27. The Morgan fingerprint density at radius 2 is 1.73 bits per heavy atom. The molecule has 2 aromatic carbocycles. The van der Waals surface area contributed by atoms with Crippen molar-refractivity contribution in [3.8, 4) is 23.0 Å². The first-order valence-electron chi connectivity index (χ1n) is 10.5. The Bertz CT molecular complexity index is 1060. The van der Waals surface area contributed by atoms with Gasteiger partial charge in [-0.3, -0.25) is 4.99 Å². The summed E-state index contributed by atoms with van der Waals surface area (Å²) in [6.07, 6.45) is 1.67. The molecule has 0 aliphatic carbocycles. The molecule has 7 nitrogen and oxygen atoms in total. The first kappa shape index (κ1) is 26.5. The largest absolute Gasteiger partial charge is 0.493 e. The Morgan fingerprint density at radius 1 is 1.03 bits per heavy atom. The molecule has 0 amide bonds. The molecule has 33 heavy (non-hydrogen) atoms. The predicted molar refractivity (Wildman–Crippen MR) is 143 cm³/mol. The molecule has 0 saturated carbocycles. The maximum atomic E-state index is 5.64. The van der Waals surface area contributed by atoms with Gasteiger partial charge in [-0.05, 0) is 36.8 Å². The molecule has 8 heteroatoms. The van der Waals surface area contributed by atoms with E-state index in [1.165, 1.54) is 5.56 Å². The van der Waals surface area contributed by atoms with Crippen LogP contribution in [-0.4, -0.2) is 38.8 Å². The zero-order valence-corrected chi connectivity index (χ0v) is 22.4. The van der Waals surface area contributed by atoms with Crippen LogP contribution >= 0.6 is 24.0 Å². The molecule has 0 aliphatic heterocycles. The molecule has 0 spiro atoms. The number of rotatable bonds is 8. The van der Waals surface area contributed by atoms with Crippen LogP contribution < -0.4 is 20.1 Å². The van der Waals surface area contributed by atoms with Crippen LogP contribution in [0.1, 0.15) is 30.7 Å². The molecule has 0 aliphatic rings. The van der Waals surface area contributed by atoms with Crippen molar-refractivity contribution in [2.75, 3.05) is 27.8 Å². The lowest BCUT2D eigenvalue weighted by molar-refractivity contribution is 0.353. The van der Waals surface area contributed by atoms with Crippen molar-refractivity contribution < 1.29 is 13.9 Å². The Balaban J connectivity index is 0.00000385. The van der Waals surface area contributed by atoms with Gasteiger partial charge < -0.3 is 24.5 Å². The Labute approximate surface area is 213 Å². The van der Waals surface area contributed by atoms with Gasteiger partial charge in [-0.2, -0.15) is 0 Å². The summed E-state index contributed by atoms with van der Waals surface area (Å²) in [5.41, 5.74) is 3.94. The van der Waals surface area contributed by atoms with E-state index in [0.717, 1.165) is 28.3 Å². The maximum Gasteiger partial charge on any atom is 0.226 e. The van der Waals surface area contributed by atoms with E-state index in [1.807, 2.05) is 36.4 Å². The number of nitrogens with one attached hydrogen (secondary N) is 2. The van der Waals surface area contributed by atoms with Crippen LogP contribution in [0.5, 0.6) is 11.5 Å². The lowest BCUT2D eigenvalue weighted by atomic mass is 9.84. The fraction of sp³-hybridized carbons (Fsp3) is 0.360. The van der Waals surface area contributed by atoms with Crippen LogP contribution in [-0.2, 0) is 12.0 Å². The molecule has 0 saturated heterocycles. The number of guanidine groups is 1. The molecule has 0 radical (unpaired) electrons. The van der Waals surface area contributed by atoms with E-state index < -0.39 is 0 Å². The van der Waals surface area contributed by atoms with Crippen molar-refractivity contribution in [2.45, 2.75) is 32.7 Å². The van der Waals surface area contributed by atoms with Gasteiger partial charge in [0.1, 0.15) is 6.26 Å². The third kappa shape index (κ3) is 6.86. The number of methoxy groups -OCH3 is 2. The average molecular weight is 564 g/mol. The van der Waals surface area contributed by atoms with E-state index in [-0.39, 0.29) is 29.4 Å². The first-order chi connectivity index (χ1) is 15.4. The van der Waals surface area contributed by atoms with Crippen LogP contribution in [0.2, 0.25) is 0 Å². The van der Waals surface area contributed by atoms with Gasteiger partial charge in [-0.15, -0.1) is 24.0 Å².